The molecule has 1 amide bonds. The van der Waals surface area contributed by atoms with Gasteiger partial charge in [-0.25, -0.2) is 9.50 Å². The monoisotopic (exact) mass is 278 g/mol. The number of aromatic nitrogens is 3. The van der Waals surface area contributed by atoms with Gasteiger partial charge < -0.3 is 5.32 Å². The van der Waals surface area contributed by atoms with Gasteiger partial charge in [-0.15, -0.1) is 0 Å². The summed E-state index contributed by atoms with van der Waals surface area (Å²) in [7, 11) is 0. The van der Waals surface area contributed by atoms with Gasteiger partial charge >= 0.3 is 0 Å². The lowest BCUT2D eigenvalue weighted by Crippen LogP contribution is -2.12. The Kier molecular flexibility index (Phi) is 2.73. The highest BCUT2D eigenvalue weighted by atomic mass is 35.5. The van der Waals surface area contributed by atoms with Crippen molar-refractivity contribution >= 4 is 39.5 Å². The fourth-order valence-corrected chi connectivity index (χ4v) is 2.30. The molecule has 0 saturated carbocycles. The van der Waals surface area contributed by atoms with E-state index in [9.17, 15) is 4.79 Å². The molecule has 3 aromatic rings. The van der Waals surface area contributed by atoms with Crippen LogP contribution in [0.25, 0.3) is 4.96 Å². The minimum atomic E-state index is -0.282. The molecule has 18 heavy (non-hydrogen) atoms. The van der Waals surface area contributed by atoms with Crippen molar-refractivity contribution in [2.24, 2.45) is 0 Å². The van der Waals surface area contributed by atoms with Crippen LogP contribution in [0.5, 0.6) is 0 Å². The predicted molar refractivity (Wildman–Crippen MR) is 70.3 cm³/mol. The molecule has 90 valence electrons. The van der Waals surface area contributed by atoms with Gasteiger partial charge in [-0.1, -0.05) is 29.0 Å². The van der Waals surface area contributed by atoms with E-state index < -0.39 is 0 Å². The summed E-state index contributed by atoms with van der Waals surface area (Å²) in [6.07, 6.45) is 1.59. The molecule has 0 unspecified atom stereocenters. The maximum Gasteiger partial charge on any atom is 0.275 e. The van der Waals surface area contributed by atoms with Crippen LogP contribution in [0.1, 0.15) is 10.5 Å². The lowest BCUT2D eigenvalue weighted by molar-refractivity contribution is 0.102. The van der Waals surface area contributed by atoms with E-state index in [1.165, 1.54) is 11.3 Å². The number of hydrogen-bond acceptors (Lipinski definition) is 4. The van der Waals surface area contributed by atoms with Crippen LogP contribution < -0.4 is 5.32 Å². The van der Waals surface area contributed by atoms with Crippen LogP contribution in [0.2, 0.25) is 5.02 Å². The molecule has 2 aromatic heterocycles. The zero-order chi connectivity index (χ0) is 12.5. The van der Waals surface area contributed by atoms with Crippen molar-refractivity contribution in [1.29, 1.82) is 0 Å². The number of benzene rings is 1. The lowest BCUT2D eigenvalue weighted by atomic mass is 10.3. The molecule has 0 bridgehead atoms. The third-order valence-corrected chi connectivity index (χ3v) is 3.23. The summed E-state index contributed by atoms with van der Waals surface area (Å²) >= 11 is 7.22. The molecule has 1 N–H and O–H groups in total. The second kappa shape index (κ2) is 4.40. The van der Waals surface area contributed by atoms with Gasteiger partial charge in [0, 0.05) is 10.7 Å². The molecule has 5 nitrogen and oxygen atoms in total. The number of carbonyl (C=O) groups is 1. The van der Waals surface area contributed by atoms with Crippen LogP contribution in [-0.4, -0.2) is 20.5 Å². The van der Waals surface area contributed by atoms with Crippen LogP contribution in [0, 0.1) is 0 Å². The number of amides is 1. The van der Waals surface area contributed by atoms with E-state index in [1.807, 2.05) is 0 Å². The first-order valence-corrected chi connectivity index (χ1v) is 6.34. The van der Waals surface area contributed by atoms with Crippen LogP contribution >= 0.6 is 22.9 Å². The minimum Gasteiger partial charge on any atom is -0.321 e. The van der Waals surface area contributed by atoms with E-state index in [4.69, 9.17) is 11.6 Å². The molecular weight excluding hydrogens is 272 g/mol. The first-order chi connectivity index (χ1) is 8.72. The van der Waals surface area contributed by atoms with Crippen LogP contribution in [0.4, 0.5) is 5.69 Å². The fourth-order valence-electron chi connectivity index (χ4n) is 1.51. The molecule has 0 saturated heterocycles. The molecule has 0 spiro atoms. The number of imidazole rings is 1. The van der Waals surface area contributed by atoms with Gasteiger partial charge in [0.25, 0.3) is 5.91 Å². The Balaban J connectivity index is 1.85. The number of halogens is 1. The van der Waals surface area contributed by atoms with E-state index in [-0.39, 0.29) is 5.91 Å². The fraction of sp³-hybridized carbons (Fsp3) is 0. The highest BCUT2D eigenvalue weighted by Gasteiger charge is 2.12. The molecule has 2 heterocycles. The van der Waals surface area contributed by atoms with E-state index in [0.717, 1.165) is 0 Å². The molecule has 1 aromatic carbocycles. The summed E-state index contributed by atoms with van der Waals surface area (Å²) in [5.74, 6) is -0.282. The standard InChI is InChI=1S/C11H7ClN4OS/c12-7-2-1-3-8(4-7)14-10(17)9-5-16-11(15-9)18-6-13-16/h1-6H,(H,14,17). The van der Waals surface area contributed by atoms with E-state index in [2.05, 4.69) is 15.4 Å². The molecule has 0 atom stereocenters. The maximum atomic E-state index is 11.9. The Bertz CT molecular complexity index is 692. The third-order valence-electron chi connectivity index (χ3n) is 2.30. The molecule has 0 fully saturated rings. The Morgan fingerprint density at radius 2 is 2.33 bits per heavy atom. The van der Waals surface area contributed by atoms with E-state index in [1.54, 1.807) is 40.5 Å². The second-order valence-electron chi connectivity index (χ2n) is 3.56. The average Bonchev–Trinajstić information content (AvgIpc) is 2.88. The van der Waals surface area contributed by atoms with Crippen molar-refractivity contribution in [3.63, 3.8) is 0 Å². The summed E-state index contributed by atoms with van der Waals surface area (Å²) in [5.41, 5.74) is 2.63. The first kappa shape index (κ1) is 11.2. The molecule has 3 rings (SSSR count). The summed E-state index contributed by atoms with van der Waals surface area (Å²) in [6.45, 7) is 0. The average molecular weight is 279 g/mol. The van der Waals surface area contributed by atoms with Crippen LogP contribution in [0.3, 0.4) is 0 Å². The highest BCUT2D eigenvalue weighted by molar-refractivity contribution is 7.14. The van der Waals surface area contributed by atoms with Crippen molar-refractivity contribution in [2.45, 2.75) is 0 Å². The van der Waals surface area contributed by atoms with Gasteiger partial charge in [-0.2, -0.15) is 5.10 Å². The van der Waals surface area contributed by atoms with E-state index >= 15 is 0 Å². The van der Waals surface area contributed by atoms with Crippen molar-refractivity contribution in [2.75, 3.05) is 5.32 Å². The minimum absolute atomic E-state index is 0.282. The number of nitrogens with one attached hydrogen (secondary N) is 1. The quantitative estimate of drug-likeness (QED) is 0.784. The smallest absolute Gasteiger partial charge is 0.275 e. The number of anilines is 1. The molecule has 0 radical (unpaired) electrons. The molecule has 0 aliphatic heterocycles. The molecular formula is C11H7ClN4OS. The largest absolute Gasteiger partial charge is 0.321 e. The predicted octanol–water partition coefficient (Wildman–Crippen LogP) is 2.70. The number of rotatable bonds is 2. The maximum absolute atomic E-state index is 11.9. The Morgan fingerprint density at radius 1 is 1.44 bits per heavy atom. The Hall–Kier alpha value is -1.92. The summed E-state index contributed by atoms with van der Waals surface area (Å²) < 4.78 is 1.57. The SMILES string of the molecule is O=C(Nc1cccc(Cl)c1)c1cn2ncsc2n1. The number of carbonyl (C=O) groups excluding carboxylic acids is 1. The molecule has 0 aliphatic rings. The highest BCUT2D eigenvalue weighted by Crippen LogP contribution is 2.16. The van der Waals surface area contributed by atoms with Crippen LogP contribution in [-0.2, 0) is 0 Å². The third kappa shape index (κ3) is 2.07. The normalized spacial score (nSPS) is 10.7. The summed E-state index contributed by atoms with van der Waals surface area (Å²) in [6, 6.07) is 6.95. The molecule has 0 aliphatic carbocycles. The summed E-state index contributed by atoms with van der Waals surface area (Å²) in [5, 5.41) is 7.31. The Labute approximate surface area is 111 Å². The number of nitrogens with zero attached hydrogens (tertiary/aromatic N) is 3. The van der Waals surface area contributed by atoms with Gasteiger partial charge in [0.05, 0.1) is 6.20 Å². The van der Waals surface area contributed by atoms with Gasteiger partial charge in [0.15, 0.2) is 0 Å². The van der Waals surface area contributed by atoms with Crippen molar-refractivity contribution in [3.05, 3.63) is 46.7 Å². The first-order valence-electron chi connectivity index (χ1n) is 5.08. The van der Waals surface area contributed by atoms with Crippen LogP contribution in [0.15, 0.2) is 36.0 Å². The topological polar surface area (TPSA) is 59.3 Å². The van der Waals surface area contributed by atoms with Gasteiger partial charge in [-0.05, 0) is 18.2 Å². The number of fused-ring (bicyclic) bond motifs is 1. The van der Waals surface area contributed by atoms with Gasteiger partial charge in [-0.3, -0.25) is 4.79 Å². The zero-order valence-corrected chi connectivity index (χ0v) is 10.6. The summed E-state index contributed by atoms with van der Waals surface area (Å²) in [4.78, 5) is 16.8. The second-order valence-corrected chi connectivity index (χ2v) is 4.80. The Morgan fingerprint density at radius 3 is 3.11 bits per heavy atom. The van der Waals surface area contributed by atoms with Crippen molar-refractivity contribution in [3.8, 4) is 0 Å². The van der Waals surface area contributed by atoms with Gasteiger partial charge in [0.2, 0.25) is 4.96 Å². The lowest BCUT2D eigenvalue weighted by Gasteiger charge is -2.02. The number of hydrogen-bond donors (Lipinski definition) is 1. The molecule has 7 heteroatoms. The van der Waals surface area contributed by atoms with Crippen molar-refractivity contribution < 1.29 is 4.79 Å². The zero-order valence-electron chi connectivity index (χ0n) is 9.00. The van der Waals surface area contributed by atoms with Crippen molar-refractivity contribution in [1.82, 2.24) is 14.6 Å². The van der Waals surface area contributed by atoms with Gasteiger partial charge in [0.1, 0.15) is 11.2 Å². The van der Waals surface area contributed by atoms with E-state index in [0.29, 0.717) is 21.4 Å².